The predicted molar refractivity (Wildman–Crippen MR) is 127 cm³/mol. The third-order valence-electron chi connectivity index (χ3n) is 5.71. The Morgan fingerprint density at radius 1 is 0.848 bits per heavy atom. The molecule has 1 fully saturated rings. The van der Waals surface area contributed by atoms with Crippen molar-refractivity contribution in [1.29, 1.82) is 0 Å². The van der Waals surface area contributed by atoms with Crippen LogP contribution in [0.25, 0.3) is 0 Å². The summed E-state index contributed by atoms with van der Waals surface area (Å²) in [5.74, 6) is -1.29. The first-order valence-electron chi connectivity index (χ1n) is 10.5. The number of nitrogens with one attached hydrogen (secondary N) is 1. The molecule has 0 aliphatic carbocycles. The Morgan fingerprint density at radius 3 is 2.27 bits per heavy atom. The second-order valence-electron chi connectivity index (χ2n) is 7.96. The Kier molecular flexibility index (Phi) is 7.90. The molecule has 0 radical (unpaired) electrons. The first-order valence-corrected chi connectivity index (χ1v) is 11.6. The molecule has 4 rings (SSSR count). The van der Waals surface area contributed by atoms with Gasteiger partial charge in [0.1, 0.15) is 23.3 Å². The van der Waals surface area contributed by atoms with Crippen LogP contribution in [0.5, 0.6) is 0 Å². The molecule has 0 unspecified atom stereocenters. The van der Waals surface area contributed by atoms with Gasteiger partial charge in [0, 0.05) is 17.6 Å². The molecule has 0 aromatic heterocycles. The zero-order valence-electron chi connectivity index (χ0n) is 17.6. The Bertz CT molecular complexity index is 1090. The van der Waals surface area contributed by atoms with E-state index >= 15 is 0 Å². The molecule has 1 aliphatic rings. The Balaban J connectivity index is 1.62. The fourth-order valence-electron chi connectivity index (χ4n) is 4.07. The van der Waals surface area contributed by atoms with Gasteiger partial charge in [0.25, 0.3) is 0 Å². The summed E-state index contributed by atoms with van der Waals surface area (Å²) < 4.78 is 40.3. The lowest BCUT2D eigenvalue weighted by molar-refractivity contribution is -0.176. The minimum absolute atomic E-state index is 0.0178. The highest BCUT2D eigenvalue weighted by molar-refractivity contribution is 6.42. The third-order valence-corrected chi connectivity index (χ3v) is 6.70. The minimum Gasteiger partial charge on any atom is -0.369 e. The minimum atomic E-state index is -0.852. The van der Waals surface area contributed by atoms with Crippen molar-refractivity contribution in [3.8, 4) is 0 Å². The van der Waals surface area contributed by atoms with E-state index in [1.165, 1.54) is 12.1 Å². The van der Waals surface area contributed by atoms with Crippen LogP contribution in [0.1, 0.15) is 23.1 Å². The van der Waals surface area contributed by atoms with Crippen molar-refractivity contribution >= 4 is 34.8 Å². The van der Waals surface area contributed by atoms with Gasteiger partial charge in [-0.15, -0.1) is 0 Å². The number of hydrogen-bond donors (Lipinski definition) is 1. The van der Waals surface area contributed by atoms with Gasteiger partial charge in [0.05, 0.1) is 23.3 Å². The molecule has 0 saturated carbocycles. The molecule has 2 atom stereocenters. The second kappa shape index (κ2) is 10.7. The number of benzene rings is 3. The highest BCUT2D eigenvalue weighted by Crippen LogP contribution is 2.39. The molecule has 1 aliphatic heterocycles. The fourth-order valence-corrected chi connectivity index (χ4v) is 4.52. The molecule has 1 N–H and O–H groups in total. The lowest BCUT2D eigenvalue weighted by atomic mass is 9.82. The zero-order valence-corrected chi connectivity index (χ0v) is 19.9. The van der Waals surface area contributed by atoms with Crippen LogP contribution in [-0.2, 0) is 28.3 Å². The van der Waals surface area contributed by atoms with Gasteiger partial charge in [-0.1, -0.05) is 53.0 Å². The third kappa shape index (κ3) is 5.86. The van der Waals surface area contributed by atoms with Gasteiger partial charge in [-0.25, -0.2) is 8.78 Å². The van der Waals surface area contributed by atoms with Gasteiger partial charge in [-0.05, 0) is 66.1 Å². The smallest absolute Gasteiger partial charge is 0.126 e. The van der Waals surface area contributed by atoms with E-state index in [4.69, 9.17) is 44.3 Å². The standard InChI is InChI=1S/C25H22Cl3F2NO2/c26-19-4-2-18(3-5-19)25(33-15-17-9-20(29)12-21(30)10-17)7-8-31-13-24(25)32-14-16-1-6-22(27)23(28)11-16/h1-6,9-12,24,31H,7-8,13-15H2/t24-,25-/m0/s1. The van der Waals surface area contributed by atoms with E-state index in [1.807, 2.05) is 18.2 Å². The van der Waals surface area contributed by atoms with Gasteiger partial charge in [0.2, 0.25) is 0 Å². The van der Waals surface area contributed by atoms with Crippen LogP contribution < -0.4 is 5.32 Å². The molecule has 3 nitrogen and oxygen atoms in total. The highest BCUT2D eigenvalue weighted by atomic mass is 35.5. The van der Waals surface area contributed by atoms with Crippen LogP contribution in [0.15, 0.2) is 60.7 Å². The number of piperidine rings is 1. The van der Waals surface area contributed by atoms with E-state index in [0.29, 0.717) is 40.1 Å². The topological polar surface area (TPSA) is 30.5 Å². The van der Waals surface area contributed by atoms with E-state index in [9.17, 15) is 8.78 Å². The van der Waals surface area contributed by atoms with Gasteiger partial charge < -0.3 is 14.8 Å². The van der Waals surface area contributed by atoms with Crippen LogP contribution in [0, 0.1) is 11.6 Å². The van der Waals surface area contributed by atoms with Crippen molar-refractivity contribution in [2.24, 2.45) is 0 Å². The molecule has 0 spiro atoms. The number of ether oxygens (including phenoxy) is 2. The van der Waals surface area contributed by atoms with Crippen molar-refractivity contribution < 1.29 is 18.3 Å². The maximum absolute atomic E-state index is 13.7. The maximum atomic E-state index is 13.7. The summed E-state index contributed by atoms with van der Waals surface area (Å²) in [5.41, 5.74) is 1.30. The van der Waals surface area contributed by atoms with Gasteiger partial charge >= 0.3 is 0 Å². The summed E-state index contributed by atoms with van der Waals surface area (Å²) in [6.07, 6.45) is 0.207. The lowest BCUT2D eigenvalue weighted by Crippen LogP contribution is -2.54. The molecular weight excluding hydrogens is 491 g/mol. The van der Waals surface area contributed by atoms with Crippen LogP contribution in [0.4, 0.5) is 8.78 Å². The second-order valence-corrected chi connectivity index (χ2v) is 9.22. The summed E-state index contributed by atoms with van der Waals surface area (Å²) >= 11 is 18.3. The summed E-state index contributed by atoms with van der Waals surface area (Å²) in [4.78, 5) is 0. The van der Waals surface area contributed by atoms with Crippen LogP contribution in [0.2, 0.25) is 15.1 Å². The molecule has 0 bridgehead atoms. The Hall–Kier alpha value is -1.73. The predicted octanol–water partition coefficient (Wildman–Crippen LogP) is 6.92. The number of hydrogen-bond acceptors (Lipinski definition) is 3. The van der Waals surface area contributed by atoms with Crippen molar-refractivity contribution in [2.45, 2.75) is 31.3 Å². The fraction of sp³-hybridized carbons (Fsp3) is 0.280. The first kappa shape index (κ1) is 24.4. The molecular formula is C25H22Cl3F2NO2. The van der Waals surface area contributed by atoms with Gasteiger partial charge in [-0.2, -0.15) is 0 Å². The summed E-state index contributed by atoms with van der Waals surface area (Å²) in [7, 11) is 0. The van der Waals surface area contributed by atoms with E-state index < -0.39 is 17.2 Å². The van der Waals surface area contributed by atoms with Crippen LogP contribution in [0.3, 0.4) is 0 Å². The molecule has 8 heteroatoms. The molecule has 174 valence electrons. The molecule has 33 heavy (non-hydrogen) atoms. The van der Waals surface area contributed by atoms with Crippen LogP contribution >= 0.6 is 34.8 Å². The average Bonchev–Trinajstić information content (AvgIpc) is 2.79. The Labute approximate surface area is 206 Å². The summed E-state index contributed by atoms with van der Waals surface area (Å²) in [6, 6.07) is 16.1. The van der Waals surface area contributed by atoms with E-state index in [2.05, 4.69) is 5.32 Å². The van der Waals surface area contributed by atoms with Crippen molar-refractivity contribution in [3.63, 3.8) is 0 Å². The lowest BCUT2D eigenvalue weighted by Gasteiger charge is -2.44. The SMILES string of the molecule is Fc1cc(F)cc(CO[C@]2(c3ccc(Cl)cc3)CCNC[C@@H]2OCc2ccc(Cl)c(Cl)c2)c1. The summed E-state index contributed by atoms with van der Waals surface area (Å²) in [5, 5.41) is 4.87. The molecule has 3 aromatic rings. The van der Waals surface area contributed by atoms with E-state index in [1.54, 1.807) is 24.3 Å². The average molecular weight is 513 g/mol. The number of rotatable bonds is 7. The molecule has 1 heterocycles. The van der Waals surface area contributed by atoms with Crippen LogP contribution in [-0.4, -0.2) is 19.2 Å². The van der Waals surface area contributed by atoms with Crippen molar-refractivity contribution in [3.05, 3.63) is 104 Å². The molecule has 0 amide bonds. The Morgan fingerprint density at radius 2 is 1.58 bits per heavy atom. The van der Waals surface area contributed by atoms with E-state index in [-0.39, 0.29) is 19.3 Å². The normalized spacial score (nSPS) is 20.7. The van der Waals surface area contributed by atoms with Gasteiger partial charge in [0.15, 0.2) is 0 Å². The molecule has 3 aromatic carbocycles. The monoisotopic (exact) mass is 511 g/mol. The van der Waals surface area contributed by atoms with Crippen molar-refractivity contribution in [2.75, 3.05) is 13.1 Å². The maximum Gasteiger partial charge on any atom is 0.126 e. The first-order chi connectivity index (χ1) is 15.9. The summed E-state index contributed by atoms with van der Waals surface area (Å²) in [6.45, 7) is 1.52. The number of halogens is 5. The van der Waals surface area contributed by atoms with Crippen molar-refractivity contribution in [1.82, 2.24) is 5.32 Å². The molecule has 1 saturated heterocycles. The quantitative estimate of drug-likeness (QED) is 0.373. The highest BCUT2D eigenvalue weighted by Gasteiger charge is 2.44. The largest absolute Gasteiger partial charge is 0.369 e. The zero-order chi connectivity index (χ0) is 23.4. The van der Waals surface area contributed by atoms with Gasteiger partial charge in [-0.3, -0.25) is 0 Å². The van der Waals surface area contributed by atoms with E-state index in [0.717, 1.165) is 17.2 Å².